The predicted molar refractivity (Wildman–Crippen MR) is 90.5 cm³/mol. The fourth-order valence-electron chi connectivity index (χ4n) is 3.09. The summed E-state index contributed by atoms with van der Waals surface area (Å²) in [7, 11) is 1.63. The van der Waals surface area contributed by atoms with Crippen molar-refractivity contribution in [1.29, 1.82) is 0 Å². The molecule has 5 nitrogen and oxygen atoms in total. The average molecular weight is 320 g/mol. The maximum Gasteiger partial charge on any atom is 0.315 e. The normalized spacial score (nSPS) is 17.8. The van der Waals surface area contributed by atoms with Crippen molar-refractivity contribution in [3.05, 3.63) is 29.8 Å². The number of benzene rings is 1. The second-order valence-corrected chi connectivity index (χ2v) is 6.75. The second kappa shape index (κ2) is 7.68. The van der Waals surface area contributed by atoms with Gasteiger partial charge in [0.05, 0.1) is 18.8 Å². The van der Waals surface area contributed by atoms with Gasteiger partial charge in [-0.25, -0.2) is 4.79 Å². The van der Waals surface area contributed by atoms with Crippen LogP contribution in [0.15, 0.2) is 24.3 Å². The third-order valence-corrected chi connectivity index (χ3v) is 4.54. The van der Waals surface area contributed by atoms with Crippen molar-refractivity contribution in [3.8, 4) is 5.75 Å². The van der Waals surface area contributed by atoms with Gasteiger partial charge in [0.15, 0.2) is 0 Å². The zero-order chi connectivity index (χ0) is 16.9. The average Bonchev–Trinajstić information content (AvgIpc) is 2.98. The van der Waals surface area contributed by atoms with Crippen LogP contribution >= 0.6 is 0 Å². The van der Waals surface area contributed by atoms with E-state index in [1.54, 1.807) is 7.11 Å². The smallest absolute Gasteiger partial charge is 0.315 e. The Balaban J connectivity index is 1.94. The summed E-state index contributed by atoms with van der Waals surface area (Å²) in [6.45, 7) is 4.45. The molecule has 0 radical (unpaired) electrons. The molecule has 128 valence electrons. The van der Waals surface area contributed by atoms with Crippen LogP contribution in [0.2, 0.25) is 0 Å². The van der Waals surface area contributed by atoms with E-state index >= 15 is 0 Å². The summed E-state index contributed by atoms with van der Waals surface area (Å²) in [5, 5.41) is 16.1. The first-order valence-electron chi connectivity index (χ1n) is 8.34. The molecule has 0 aromatic heterocycles. The largest absolute Gasteiger partial charge is 0.497 e. The predicted octanol–water partition coefficient (Wildman–Crippen LogP) is 3.00. The third-order valence-electron chi connectivity index (χ3n) is 4.54. The molecule has 0 saturated heterocycles. The number of carbonyl (C=O) groups is 1. The van der Waals surface area contributed by atoms with E-state index in [-0.39, 0.29) is 18.0 Å². The molecule has 1 aromatic carbocycles. The Bertz CT molecular complexity index is 508. The van der Waals surface area contributed by atoms with Crippen LogP contribution in [0.1, 0.15) is 51.1 Å². The highest BCUT2D eigenvalue weighted by molar-refractivity contribution is 5.74. The number of nitrogens with one attached hydrogen (secondary N) is 2. The Morgan fingerprint density at radius 3 is 2.39 bits per heavy atom. The minimum atomic E-state index is -0.731. The molecule has 2 rings (SSSR count). The van der Waals surface area contributed by atoms with E-state index in [1.165, 1.54) is 0 Å². The highest BCUT2D eigenvalue weighted by Gasteiger charge is 2.31. The highest BCUT2D eigenvalue weighted by Crippen LogP contribution is 2.28. The Labute approximate surface area is 138 Å². The van der Waals surface area contributed by atoms with E-state index < -0.39 is 5.60 Å². The van der Waals surface area contributed by atoms with Gasteiger partial charge in [0.2, 0.25) is 0 Å². The quantitative estimate of drug-likeness (QED) is 0.754. The molecule has 1 aliphatic rings. The Morgan fingerprint density at radius 1 is 1.26 bits per heavy atom. The minimum Gasteiger partial charge on any atom is -0.497 e. The van der Waals surface area contributed by atoms with E-state index in [9.17, 15) is 9.90 Å². The molecule has 2 amide bonds. The molecule has 0 spiro atoms. The third kappa shape index (κ3) is 4.86. The Morgan fingerprint density at radius 2 is 1.87 bits per heavy atom. The fraction of sp³-hybridized carbons (Fsp3) is 0.611. The monoisotopic (exact) mass is 320 g/mol. The van der Waals surface area contributed by atoms with Gasteiger partial charge in [-0.15, -0.1) is 0 Å². The number of methoxy groups -OCH3 is 1. The Hall–Kier alpha value is -1.75. The summed E-state index contributed by atoms with van der Waals surface area (Å²) < 4.78 is 5.17. The number of carbonyl (C=O) groups excluding carboxylic acids is 1. The van der Waals surface area contributed by atoms with Crippen LogP contribution in [-0.2, 0) is 0 Å². The molecule has 1 atom stereocenters. The highest BCUT2D eigenvalue weighted by atomic mass is 16.5. The molecule has 0 aliphatic heterocycles. The number of rotatable bonds is 6. The van der Waals surface area contributed by atoms with Crippen molar-refractivity contribution < 1.29 is 14.6 Å². The van der Waals surface area contributed by atoms with E-state index in [2.05, 4.69) is 24.5 Å². The van der Waals surface area contributed by atoms with Gasteiger partial charge in [-0.3, -0.25) is 0 Å². The molecule has 0 heterocycles. The van der Waals surface area contributed by atoms with Gasteiger partial charge in [0.25, 0.3) is 0 Å². The van der Waals surface area contributed by atoms with Crippen LogP contribution in [0.3, 0.4) is 0 Å². The van der Waals surface area contributed by atoms with Gasteiger partial charge in [-0.2, -0.15) is 0 Å². The van der Waals surface area contributed by atoms with Gasteiger partial charge >= 0.3 is 6.03 Å². The van der Waals surface area contributed by atoms with E-state index in [0.717, 1.165) is 37.0 Å². The molecular weight excluding hydrogens is 292 g/mol. The number of ether oxygens (including phenoxy) is 1. The minimum absolute atomic E-state index is 0.0841. The molecule has 1 unspecified atom stereocenters. The summed E-state index contributed by atoms with van der Waals surface area (Å²) in [6.07, 6.45) is 3.58. The maximum atomic E-state index is 12.2. The first-order valence-corrected chi connectivity index (χ1v) is 8.34. The number of urea groups is 1. The van der Waals surface area contributed by atoms with E-state index in [0.29, 0.717) is 6.54 Å². The zero-order valence-corrected chi connectivity index (χ0v) is 14.3. The van der Waals surface area contributed by atoms with Crippen LogP contribution in [0, 0.1) is 5.92 Å². The van der Waals surface area contributed by atoms with Crippen LogP contribution in [0.25, 0.3) is 0 Å². The molecule has 1 saturated carbocycles. The second-order valence-electron chi connectivity index (χ2n) is 6.75. The molecule has 1 fully saturated rings. The van der Waals surface area contributed by atoms with E-state index in [4.69, 9.17) is 4.74 Å². The SMILES string of the molecule is COc1ccc(C(NC(=O)NCC2(O)CCCC2)C(C)C)cc1. The molecular formula is C18H28N2O3. The van der Waals surface area contributed by atoms with Crippen LogP contribution in [0.4, 0.5) is 4.79 Å². The maximum absolute atomic E-state index is 12.2. The van der Waals surface area contributed by atoms with Gasteiger partial charge in [0.1, 0.15) is 5.75 Å². The topological polar surface area (TPSA) is 70.6 Å². The van der Waals surface area contributed by atoms with Crippen LogP contribution in [0.5, 0.6) is 5.75 Å². The fourth-order valence-corrected chi connectivity index (χ4v) is 3.09. The molecule has 1 aromatic rings. The van der Waals surface area contributed by atoms with Crippen molar-refractivity contribution in [2.45, 2.75) is 51.2 Å². The standard InChI is InChI=1S/C18H28N2O3/c1-13(2)16(14-6-8-15(23-3)9-7-14)20-17(21)19-12-18(22)10-4-5-11-18/h6-9,13,16,22H,4-5,10-12H2,1-3H3,(H2,19,20,21). The van der Waals surface area contributed by atoms with E-state index in [1.807, 2.05) is 24.3 Å². The molecule has 0 bridgehead atoms. The molecule has 5 heteroatoms. The number of aliphatic hydroxyl groups is 1. The number of amides is 2. The van der Waals surface area contributed by atoms with Gasteiger partial charge in [-0.1, -0.05) is 38.8 Å². The zero-order valence-electron chi connectivity index (χ0n) is 14.3. The summed E-state index contributed by atoms with van der Waals surface area (Å²) in [5.74, 6) is 1.05. The Kier molecular flexibility index (Phi) is 5.88. The summed E-state index contributed by atoms with van der Waals surface area (Å²) in [6, 6.07) is 7.40. The van der Waals surface area contributed by atoms with Gasteiger partial charge in [-0.05, 0) is 36.5 Å². The van der Waals surface area contributed by atoms with Crippen molar-refractivity contribution >= 4 is 6.03 Å². The van der Waals surface area contributed by atoms with Crippen molar-refractivity contribution in [3.63, 3.8) is 0 Å². The first kappa shape index (κ1) is 17.6. The molecule has 1 aliphatic carbocycles. The summed E-state index contributed by atoms with van der Waals surface area (Å²) in [5.41, 5.74) is 0.306. The lowest BCUT2D eigenvalue weighted by atomic mass is 9.96. The number of hydrogen-bond acceptors (Lipinski definition) is 3. The molecule has 23 heavy (non-hydrogen) atoms. The van der Waals surface area contributed by atoms with Crippen molar-refractivity contribution in [2.75, 3.05) is 13.7 Å². The van der Waals surface area contributed by atoms with Gasteiger partial charge in [0, 0.05) is 6.54 Å². The van der Waals surface area contributed by atoms with Crippen LogP contribution in [-0.4, -0.2) is 30.4 Å². The first-order chi connectivity index (χ1) is 10.9. The van der Waals surface area contributed by atoms with Crippen molar-refractivity contribution in [2.24, 2.45) is 5.92 Å². The lowest BCUT2D eigenvalue weighted by Gasteiger charge is -2.26. The lowest BCUT2D eigenvalue weighted by Crippen LogP contribution is -2.46. The lowest BCUT2D eigenvalue weighted by molar-refractivity contribution is 0.0499. The summed E-state index contributed by atoms with van der Waals surface area (Å²) in [4.78, 5) is 12.2. The van der Waals surface area contributed by atoms with Crippen molar-refractivity contribution in [1.82, 2.24) is 10.6 Å². The summed E-state index contributed by atoms with van der Waals surface area (Å²) >= 11 is 0. The van der Waals surface area contributed by atoms with Crippen LogP contribution < -0.4 is 15.4 Å². The van der Waals surface area contributed by atoms with Gasteiger partial charge < -0.3 is 20.5 Å². The molecule has 3 N–H and O–H groups in total. The number of hydrogen-bond donors (Lipinski definition) is 3.